The van der Waals surface area contributed by atoms with Crippen LogP contribution in [0.5, 0.6) is 0 Å². The molecule has 0 saturated heterocycles. The number of halogens is 4. The van der Waals surface area contributed by atoms with E-state index in [9.17, 15) is 18.0 Å². The normalized spacial score (nSPS) is 12.8. The van der Waals surface area contributed by atoms with Crippen molar-refractivity contribution >= 4 is 28.9 Å². The number of carbonyl (C=O) groups excluding carboxylic acids is 1. The average molecular weight is 410 g/mol. The van der Waals surface area contributed by atoms with E-state index in [0.717, 1.165) is 12.5 Å². The predicted molar refractivity (Wildman–Crippen MR) is 105 cm³/mol. The van der Waals surface area contributed by atoms with Crippen LogP contribution in [-0.4, -0.2) is 24.3 Å². The maximum atomic E-state index is 12.9. The fourth-order valence-electron chi connectivity index (χ4n) is 2.21. The minimum atomic E-state index is -4.69. The molecule has 0 saturated carbocycles. The van der Waals surface area contributed by atoms with E-state index in [0.29, 0.717) is 23.4 Å². The van der Waals surface area contributed by atoms with E-state index >= 15 is 0 Å². The highest BCUT2D eigenvalue weighted by Gasteiger charge is 2.31. The Kier molecular flexibility index (Phi) is 7.23. The Bertz CT molecular complexity index is 890. The molecule has 3 N–H and O–H groups in total. The molecule has 0 bridgehead atoms. The van der Waals surface area contributed by atoms with E-state index in [1.165, 1.54) is 24.3 Å². The second-order valence-corrected chi connectivity index (χ2v) is 6.29. The number of nitrogens with zero attached hydrogens (tertiary/aromatic N) is 1. The maximum Gasteiger partial charge on any atom is 0.430 e. The molecular formula is C20H19ClF3N3O. The van der Waals surface area contributed by atoms with Crippen LogP contribution in [0.1, 0.15) is 29.3 Å². The summed E-state index contributed by atoms with van der Waals surface area (Å²) < 4.78 is 38.7. The van der Waals surface area contributed by atoms with Crippen LogP contribution in [0.4, 0.5) is 18.9 Å². The lowest BCUT2D eigenvalue weighted by Crippen LogP contribution is -2.24. The van der Waals surface area contributed by atoms with Crippen LogP contribution in [0.2, 0.25) is 5.02 Å². The Balaban J connectivity index is 2.45. The molecule has 8 heteroatoms. The number of allylic oxidation sites excluding steroid dienone is 2. The third kappa shape index (κ3) is 5.85. The van der Waals surface area contributed by atoms with Gasteiger partial charge >= 0.3 is 6.18 Å². The lowest BCUT2D eigenvalue weighted by atomic mass is 10.1. The number of nitrogens with two attached hydrogens (primary N) is 1. The first kappa shape index (κ1) is 21.5. The van der Waals surface area contributed by atoms with Gasteiger partial charge in [0.15, 0.2) is 0 Å². The molecule has 2 rings (SSSR count). The topological polar surface area (TPSA) is 67.5 Å². The molecule has 0 aromatic heterocycles. The zero-order valence-electron chi connectivity index (χ0n) is 15.1. The Morgan fingerprint density at radius 2 is 1.75 bits per heavy atom. The van der Waals surface area contributed by atoms with Crippen molar-refractivity contribution in [2.24, 2.45) is 10.7 Å². The number of alkyl halides is 3. The molecule has 0 heterocycles. The molecule has 0 atom stereocenters. The third-order valence-corrected chi connectivity index (χ3v) is 4.01. The van der Waals surface area contributed by atoms with Gasteiger partial charge in [-0.3, -0.25) is 4.79 Å². The van der Waals surface area contributed by atoms with Crippen LogP contribution in [0, 0.1) is 0 Å². The zero-order chi connectivity index (χ0) is 20.7. The maximum absolute atomic E-state index is 12.9. The fraction of sp³-hybridized carbons (Fsp3) is 0.200. The van der Waals surface area contributed by atoms with Crippen molar-refractivity contribution in [2.45, 2.75) is 19.5 Å². The number of aliphatic imine (C=N–C) groups is 1. The first-order valence-electron chi connectivity index (χ1n) is 8.48. The number of amides is 1. The molecule has 0 spiro atoms. The number of rotatable bonds is 6. The van der Waals surface area contributed by atoms with Crippen molar-refractivity contribution in [3.63, 3.8) is 0 Å². The molecule has 0 radical (unpaired) electrons. The predicted octanol–water partition coefficient (Wildman–Crippen LogP) is 5.01. The van der Waals surface area contributed by atoms with Gasteiger partial charge in [0.05, 0.1) is 16.4 Å². The van der Waals surface area contributed by atoms with Crippen molar-refractivity contribution in [1.29, 1.82) is 0 Å². The van der Waals surface area contributed by atoms with Crippen molar-refractivity contribution in [3.05, 3.63) is 76.5 Å². The summed E-state index contributed by atoms with van der Waals surface area (Å²) in [6, 6.07) is 12.6. The molecule has 148 valence electrons. The van der Waals surface area contributed by atoms with E-state index < -0.39 is 11.9 Å². The minimum absolute atomic E-state index is 0.0246. The van der Waals surface area contributed by atoms with E-state index in [2.05, 4.69) is 10.3 Å². The van der Waals surface area contributed by atoms with Crippen LogP contribution in [0.3, 0.4) is 0 Å². The Morgan fingerprint density at radius 3 is 2.32 bits per heavy atom. The summed E-state index contributed by atoms with van der Waals surface area (Å²) in [5, 5.41) is 3.02. The highest BCUT2D eigenvalue weighted by Crippen LogP contribution is 2.27. The van der Waals surface area contributed by atoms with Crippen molar-refractivity contribution < 1.29 is 18.0 Å². The molecule has 1 amide bonds. The molecular weight excluding hydrogens is 391 g/mol. The number of nitrogens with one attached hydrogen (secondary N) is 1. The van der Waals surface area contributed by atoms with Crippen LogP contribution in [-0.2, 0) is 0 Å². The Morgan fingerprint density at radius 1 is 1.14 bits per heavy atom. The van der Waals surface area contributed by atoms with Gasteiger partial charge in [-0.1, -0.05) is 42.8 Å². The number of hydrogen-bond donors (Lipinski definition) is 2. The van der Waals surface area contributed by atoms with Crippen molar-refractivity contribution in [1.82, 2.24) is 5.32 Å². The molecule has 0 fully saturated rings. The lowest BCUT2D eigenvalue weighted by molar-refractivity contribution is -0.0925. The van der Waals surface area contributed by atoms with E-state index in [1.54, 1.807) is 24.3 Å². The van der Waals surface area contributed by atoms with E-state index in [1.807, 2.05) is 6.92 Å². The van der Waals surface area contributed by atoms with Gasteiger partial charge in [-0.25, -0.2) is 4.99 Å². The van der Waals surface area contributed by atoms with Gasteiger partial charge in [0.1, 0.15) is 5.70 Å². The fourth-order valence-corrected chi connectivity index (χ4v) is 2.39. The summed E-state index contributed by atoms with van der Waals surface area (Å²) in [6.07, 6.45) is -3.16. The molecule has 0 aliphatic rings. The Hall–Kier alpha value is -2.80. The highest BCUT2D eigenvalue weighted by molar-refractivity contribution is 6.33. The zero-order valence-corrected chi connectivity index (χ0v) is 15.8. The van der Waals surface area contributed by atoms with Gasteiger partial charge in [-0.15, -0.1) is 0 Å². The summed E-state index contributed by atoms with van der Waals surface area (Å²) in [6.45, 7) is 2.46. The molecule has 2 aromatic carbocycles. The second-order valence-electron chi connectivity index (χ2n) is 5.88. The molecule has 28 heavy (non-hydrogen) atoms. The smallest absolute Gasteiger partial charge is 0.395 e. The SMILES string of the molecule is CCCNC(=O)c1ccc(C(C=C(N)C(F)(F)F)=Nc2ccccc2Cl)cc1. The molecule has 2 aromatic rings. The second kappa shape index (κ2) is 9.41. The number of hydrogen-bond acceptors (Lipinski definition) is 3. The number of carbonyl (C=O) groups is 1. The first-order chi connectivity index (χ1) is 13.2. The van der Waals surface area contributed by atoms with Gasteiger partial charge in [0.2, 0.25) is 0 Å². The minimum Gasteiger partial charge on any atom is -0.395 e. The summed E-state index contributed by atoms with van der Waals surface area (Å²) in [7, 11) is 0. The van der Waals surface area contributed by atoms with E-state index in [-0.39, 0.29) is 16.6 Å². The lowest BCUT2D eigenvalue weighted by Gasteiger charge is -2.10. The van der Waals surface area contributed by atoms with Crippen LogP contribution in [0.25, 0.3) is 0 Å². The van der Waals surface area contributed by atoms with Crippen LogP contribution < -0.4 is 11.1 Å². The summed E-state index contributed by atoms with van der Waals surface area (Å²) in [5.74, 6) is -0.261. The molecule has 4 nitrogen and oxygen atoms in total. The summed E-state index contributed by atoms with van der Waals surface area (Å²) >= 11 is 6.06. The van der Waals surface area contributed by atoms with Crippen LogP contribution >= 0.6 is 11.6 Å². The Labute approximate surface area is 165 Å². The quantitative estimate of drug-likeness (QED) is 0.659. The number of benzene rings is 2. The van der Waals surface area contributed by atoms with Crippen molar-refractivity contribution in [3.8, 4) is 0 Å². The third-order valence-electron chi connectivity index (χ3n) is 3.69. The van der Waals surface area contributed by atoms with Crippen molar-refractivity contribution in [2.75, 3.05) is 6.54 Å². The van der Waals surface area contributed by atoms with Gasteiger partial charge in [0.25, 0.3) is 5.91 Å². The molecule has 0 aliphatic heterocycles. The summed E-state index contributed by atoms with van der Waals surface area (Å²) in [4.78, 5) is 16.2. The standard InChI is InChI=1S/C20H19ClF3N3O/c1-2-11-26-19(28)14-9-7-13(8-10-14)17(12-18(25)20(22,23)24)27-16-6-4-3-5-15(16)21/h3-10,12H,2,11,25H2,1H3,(H,26,28). The number of para-hydroxylation sites is 1. The monoisotopic (exact) mass is 409 g/mol. The molecule has 0 unspecified atom stereocenters. The van der Waals surface area contributed by atoms with E-state index in [4.69, 9.17) is 17.3 Å². The van der Waals surface area contributed by atoms with Gasteiger partial charge in [-0.2, -0.15) is 13.2 Å². The van der Waals surface area contributed by atoms with Gasteiger partial charge in [-0.05, 0) is 36.8 Å². The molecule has 0 aliphatic carbocycles. The average Bonchev–Trinajstić information content (AvgIpc) is 2.66. The largest absolute Gasteiger partial charge is 0.430 e. The highest BCUT2D eigenvalue weighted by atomic mass is 35.5. The van der Waals surface area contributed by atoms with Gasteiger partial charge < -0.3 is 11.1 Å². The summed E-state index contributed by atoms with van der Waals surface area (Å²) in [5.41, 5.74) is 4.91. The first-order valence-corrected chi connectivity index (χ1v) is 8.86. The van der Waals surface area contributed by atoms with Crippen LogP contribution in [0.15, 0.2) is 65.3 Å². The van der Waals surface area contributed by atoms with Gasteiger partial charge in [0, 0.05) is 17.7 Å².